The summed E-state index contributed by atoms with van der Waals surface area (Å²) >= 11 is 5.97. The average molecular weight is 505 g/mol. The fourth-order valence-electron chi connectivity index (χ4n) is 4.64. The van der Waals surface area contributed by atoms with Crippen molar-refractivity contribution in [3.05, 3.63) is 101 Å². The molecule has 0 aromatic heterocycles. The summed E-state index contributed by atoms with van der Waals surface area (Å²) in [5, 5.41) is 3.85. The molecule has 6 heteroatoms. The van der Waals surface area contributed by atoms with Gasteiger partial charge in [0.1, 0.15) is 11.8 Å². The molecule has 0 aliphatic heterocycles. The highest BCUT2D eigenvalue weighted by Crippen LogP contribution is 2.20. The average Bonchev–Trinajstić information content (AvgIpc) is 2.92. The molecule has 1 aliphatic carbocycles. The van der Waals surface area contributed by atoms with E-state index in [2.05, 4.69) is 5.32 Å². The number of halogens is 1. The minimum absolute atomic E-state index is 0.110. The van der Waals surface area contributed by atoms with Crippen molar-refractivity contribution in [2.45, 2.75) is 57.2 Å². The predicted octanol–water partition coefficient (Wildman–Crippen LogP) is 5.81. The highest BCUT2D eigenvalue weighted by atomic mass is 35.5. The van der Waals surface area contributed by atoms with E-state index in [0.717, 1.165) is 36.8 Å². The number of carbonyl (C=O) groups excluding carboxylic acids is 2. The van der Waals surface area contributed by atoms with Gasteiger partial charge in [-0.2, -0.15) is 0 Å². The molecular formula is C30H33ClN2O3. The number of ether oxygens (including phenoxy) is 1. The van der Waals surface area contributed by atoms with E-state index in [1.165, 1.54) is 6.42 Å². The molecule has 0 radical (unpaired) electrons. The minimum atomic E-state index is -0.657. The van der Waals surface area contributed by atoms with Gasteiger partial charge in [-0.1, -0.05) is 91.5 Å². The second kappa shape index (κ2) is 13.1. The summed E-state index contributed by atoms with van der Waals surface area (Å²) in [5.74, 6) is 0.203. The van der Waals surface area contributed by atoms with Crippen molar-refractivity contribution < 1.29 is 14.3 Å². The van der Waals surface area contributed by atoms with Gasteiger partial charge in [0.25, 0.3) is 5.91 Å². The van der Waals surface area contributed by atoms with Crippen LogP contribution >= 0.6 is 11.6 Å². The zero-order valence-corrected chi connectivity index (χ0v) is 21.2. The number of hydrogen-bond donors (Lipinski definition) is 1. The van der Waals surface area contributed by atoms with Gasteiger partial charge in [-0.15, -0.1) is 0 Å². The Morgan fingerprint density at radius 2 is 1.47 bits per heavy atom. The number of benzene rings is 3. The highest BCUT2D eigenvalue weighted by Gasteiger charge is 2.32. The van der Waals surface area contributed by atoms with Crippen LogP contribution in [0.2, 0.25) is 5.02 Å². The number of rotatable bonds is 10. The lowest BCUT2D eigenvalue weighted by Gasteiger charge is -2.33. The van der Waals surface area contributed by atoms with Gasteiger partial charge in [-0.25, -0.2) is 0 Å². The topological polar surface area (TPSA) is 58.6 Å². The van der Waals surface area contributed by atoms with Gasteiger partial charge in [0.15, 0.2) is 6.61 Å². The zero-order valence-electron chi connectivity index (χ0n) is 20.4. The van der Waals surface area contributed by atoms with Gasteiger partial charge in [0, 0.05) is 24.0 Å². The Morgan fingerprint density at radius 1 is 0.861 bits per heavy atom. The lowest BCUT2D eigenvalue weighted by atomic mass is 9.94. The summed E-state index contributed by atoms with van der Waals surface area (Å²) in [5.41, 5.74) is 1.96. The summed E-state index contributed by atoms with van der Waals surface area (Å²) in [6, 6.07) is 26.0. The van der Waals surface area contributed by atoms with Gasteiger partial charge >= 0.3 is 0 Å². The third kappa shape index (κ3) is 7.59. The van der Waals surface area contributed by atoms with Gasteiger partial charge in [0.05, 0.1) is 0 Å². The van der Waals surface area contributed by atoms with Gasteiger partial charge in [0.2, 0.25) is 5.91 Å². The number of hydrogen-bond acceptors (Lipinski definition) is 3. The molecule has 5 nitrogen and oxygen atoms in total. The first kappa shape index (κ1) is 25.8. The molecule has 4 rings (SSSR count). The van der Waals surface area contributed by atoms with Gasteiger partial charge < -0.3 is 15.0 Å². The molecule has 36 heavy (non-hydrogen) atoms. The molecular weight excluding hydrogens is 472 g/mol. The molecule has 188 valence electrons. The molecule has 0 spiro atoms. The van der Waals surface area contributed by atoms with Crippen molar-refractivity contribution in [3.63, 3.8) is 0 Å². The number of carbonyl (C=O) groups is 2. The van der Waals surface area contributed by atoms with Crippen LogP contribution in [0.3, 0.4) is 0 Å². The van der Waals surface area contributed by atoms with E-state index in [4.69, 9.17) is 16.3 Å². The van der Waals surface area contributed by atoms with Crippen molar-refractivity contribution >= 4 is 23.4 Å². The smallest absolute Gasteiger partial charge is 0.261 e. The van der Waals surface area contributed by atoms with E-state index in [-0.39, 0.29) is 24.5 Å². The van der Waals surface area contributed by atoms with Crippen molar-refractivity contribution in [1.82, 2.24) is 10.2 Å². The fraction of sp³-hybridized carbons (Fsp3) is 0.333. The molecule has 0 unspecified atom stereocenters. The van der Waals surface area contributed by atoms with Crippen LogP contribution in [0.15, 0.2) is 84.9 Å². The maximum atomic E-state index is 13.7. The lowest BCUT2D eigenvalue weighted by molar-refractivity contribution is -0.143. The Hall–Kier alpha value is -3.31. The zero-order chi connectivity index (χ0) is 25.2. The third-order valence-electron chi connectivity index (χ3n) is 6.59. The van der Waals surface area contributed by atoms with Gasteiger partial charge in [-0.05, 0) is 48.2 Å². The Bertz CT molecular complexity index is 1100. The first-order valence-electron chi connectivity index (χ1n) is 12.6. The van der Waals surface area contributed by atoms with Crippen molar-refractivity contribution in [3.8, 4) is 5.75 Å². The molecule has 1 saturated carbocycles. The molecule has 0 bridgehead atoms. The van der Waals surface area contributed by atoms with Crippen LogP contribution in [0.5, 0.6) is 5.75 Å². The monoisotopic (exact) mass is 504 g/mol. The van der Waals surface area contributed by atoms with Crippen LogP contribution in [0, 0.1) is 0 Å². The second-order valence-corrected chi connectivity index (χ2v) is 9.74. The van der Waals surface area contributed by atoms with Crippen molar-refractivity contribution in [2.75, 3.05) is 6.61 Å². The fourth-order valence-corrected chi connectivity index (χ4v) is 4.76. The number of nitrogens with zero attached hydrogens (tertiary/aromatic N) is 1. The molecule has 3 aromatic carbocycles. The first-order chi connectivity index (χ1) is 17.6. The summed E-state index contributed by atoms with van der Waals surface area (Å²) in [6.07, 6.45) is 5.84. The molecule has 1 aliphatic rings. The Morgan fingerprint density at radius 3 is 2.11 bits per heavy atom. The van der Waals surface area contributed by atoms with Gasteiger partial charge in [-0.3, -0.25) is 9.59 Å². The third-order valence-corrected chi connectivity index (χ3v) is 6.85. The van der Waals surface area contributed by atoms with Crippen LogP contribution in [0.1, 0.15) is 43.2 Å². The number of amides is 2. The first-order valence-corrected chi connectivity index (χ1v) is 13.0. The van der Waals surface area contributed by atoms with E-state index in [9.17, 15) is 9.59 Å². The van der Waals surface area contributed by atoms with E-state index in [1.807, 2.05) is 60.7 Å². The summed E-state index contributed by atoms with van der Waals surface area (Å²) in [7, 11) is 0. The van der Waals surface area contributed by atoms with Crippen LogP contribution in [-0.2, 0) is 22.6 Å². The quantitative estimate of drug-likeness (QED) is 0.379. The normalized spacial score (nSPS) is 14.6. The van der Waals surface area contributed by atoms with Crippen LogP contribution in [-0.4, -0.2) is 35.4 Å². The summed E-state index contributed by atoms with van der Waals surface area (Å²) in [4.78, 5) is 29.0. The molecule has 2 amide bonds. The Labute approximate surface area is 218 Å². The lowest BCUT2D eigenvalue weighted by Crippen LogP contribution is -2.53. The van der Waals surface area contributed by atoms with E-state index >= 15 is 0 Å². The van der Waals surface area contributed by atoms with Crippen LogP contribution < -0.4 is 10.1 Å². The molecule has 1 fully saturated rings. The summed E-state index contributed by atoms with van der Waals surface area (Å²) < 4.78 is 5.79. The molecule has 1 N–H and O–H groups in total. The molecule has 3 aromatic rings. The van der Waals surface area contributed by atoms with E-state index in [1.54, 1.807) is 29.2 Å². The second-order valence-electron chi connectivity index (χ2n) is 9.30. The van der Waals surface area contributed by atoms with E-state index in [0.29, 0.717) is 23.7 Å². The van der Waals surface area contributed by atoms with Crippen molar-refractivity contribution in [1.29, 1.82) is 0 Å². The van der Waals surface area contributed by atoms with Crippen molar-refractivity contribution in [2.24, 2.45) is 0 Å². The standard InChI is InChI=1S/C30H33ClN2O3/c31-25-16-18-27(19-17-25)36-22-29(34)33(21-24-12-6-2-7-13-24)28(20-23-10-4-1-5-11-23)30(35)32-26-14-8-3-9-15-26/h1-2,4-7,10-13,16-19,26,28H,3,8-9,14-15,20-22H2,(H,32,35)/t28-/m0/s1. The molecule has 0 heterocycles. The van der Waals surface area contributed by atoms with E-state index < -0.39 is 6.04 Å². The van der Waals surface area contributed by atoms with Crippen LogP contribution in [0.4, 0.5) is 0 Å². The Kier molecular flexibility index (Phi) is 9.40. The SMILES string of the molecule is O=C(NC1CCCCC1)[C@H](Cc1ccccc1)N(Cc1ccccc1)C(=O)COc1ccc(Cl)cc1. The maximum Gasteiger partial charge on any atom is 0.261 e. The predicted molar refractivity (Wildman–Crippen MR) is 143 cm³/mol. The molecule has 0 saturated heterocycles. The van der Waals surface area contributed by atoms with Crippen LogP contribution in [0.25, 0.3) is 0 Å². The Balaban J connectivity index is 1.58. The minimum Gasteiger partial charge on any atom is -0.484 e. The molecule has 1 atom stereocenters. The summed E-state index contributed by atoms with van der Waals surface area (Å²) in [6.45, 7) is 0.149. The maximum absolute atomic E-state index is 13.7. The highest BCUT2D eigenvalue weighted by molar-refractivity contribution is 6.30. The largest absolute Gasteiger partial charge is 0.484 e. The number of nitrogens with one attached hydrogen (secondary N) is 1.